The van der Waals surface area contributed by atoms with Gasteiger partial charge in [-0.3, -0.25) is 19.8 Å². The minimum absolute atomic E-state index is 0.0706. The van der Waals surface area contributed by atoms with Crippen LogP contribution in [0.3, 0.4) is 0 Å². The highest BCUT2D eigenvalue weighted by molar-refractivity contribution is 5.99. The molecule has 2 aromatic carbocycles. The molecule has 1 amide bonds. The second-order valence-corrected chi connectivity index (χ2v) is 7.58. The van der Waals surface area contributed by atoms with E-state index in [0.717, 1.165) is 6.92 Å². The molecule has 4 N–H and O–H groups in total. The minimum Gasteiger partial charge on any atom is -0.481 e. The van der Waals surface area contributed by atoms with E-state index < -0.39 is 17.9 Å². The maximum absolute atomic E-state index is 12.7. The Morgan fingerprint density at radius 1 is 1.03 bits per heavy atom. The summed E-state index contributed by atoms with van der Waals surface area (Å²) in [6.07, 6.45) is 3.21. The molecular weight excluding hydrogens is 478 g/mol. The number of carbonyl (C=O) groups excluding carboxylic acids is 3. The zero-order valence-corrected chi connectivity index (χ0v) is 21.0. The quantitative estimate of drug-likeness (QED) is 0.110. The van der Waals surface area contributed by atoms with Gasteiger partial charge in [-0.1, -0.05) is 18.2 Å². The SMILES string of the molecule is C=CCN(CC(=O)OCC)C(=O)/C(C)=C/c1ccc(C(=O)Oc2ccc(C(=N)N)cc2)cc1.CC(=O)O. The summed E-state index contributed by atoms with van der Waals surface area (Å²) in [7, 11) is 0. The largest absolute Gasteiger partial charge is 0.481 e. The van der Waals surface area contributed by atoms with Crippen LogP contribution in [0.25, 0.3) is 6.08 Å². The average Bonchev–Trinajstić information content (AvgIpc) is 2.84. The minimum atomic E-state index is -0.833. The molecule has 0 spiro atoms. The van der Waals surface area contributed by atoms with Crippen molar-refractivity contribution in [1.29, 1.82) is 5.41 Å². The molecule has 0 fully saturated rings. The van der Waals surface area contributed by atoms with Crippen LogP contribution in [-0.4, -0.2) is 59.4 Å². The molecule has 0 aromatic heterocycles. The number of esters is 2. The normalized spacial score (nSPS) is 10.3. The highest BCUT2D eigenvalue weighted by Gasteiger charge is 2.18. The Bertz CT molecular complexity index is 1150. The number of carboxylic acid groups (broad SMARTS) is 1. The summed E-state index contributed by atoms with van der Waals surface area (Å²) in [5, 5.41) is 14.8. The van der Waals surface area contributed by atoms with E-state index in [2.05, 4.69) is 6.58 Å². The predicted octanol–water partition coefficient (Wildman–Crippen LogP) is 3.26. The molecule has 196 valence electrons. The van der Waals surface area contributed by atoms with Gasteiger partial charge >= 0.3 is 11.9 Å². The number of nitrogens with zero attached hydrogens (tertiary/aromatic N) is 1. The smallest absolute Gasteiger partial charge is 0.343 e. The zero-order valence-electron chi connectivity index (χ0n) is 21.0. The third-order valence-electron chi connectivity index (χ3n) is 4.50. The molecule has 10 heteroatoms. The summed E-state index contributed by atoms with van der Waals surface area (Å²) in [5.41, 5.74) is 7.40. The van der Waals surface area contributed by atoms with Gasteiger partial charge in [-0.25, -0.2) is 4.79 Å². The van der Waals surface area contributed by atoms with E-state index in [1.54, 1.807) is 74.5 Å². The van der Waals surface area contributed by atoms with Gasteiger partial charge in [0.2, 0.25) is 5.91 Å². The van der Waals surface area contributed by atoms with Crippen molar-refractivity contribution in [3.8, 4) is 5.75 Å². The van der Waals surface area contributed by atoms with Crippen molar-refractivity contribution in [1.82, 2.24) is 4.90 Å². The number of rotatable bonds is 10. The first-order chi connectivity index (χ1) is 17.5. The number of amidine groups is 1. The Hall–Kier alpha value is -4.73. The van der Waals surface area contributed by atoms with E-state index in [1.807, 2.05) is 0 Å². The van der Waals surface area contributed by atoms with E-state index in [1.165, 1.54) is 4.90 Å². The molecule has 2 rings (SSSR count). The molecule has 0 radical (unpaired) electrons. The molecule has 0 heterocycles. The predicted molar refractivity (Wildman–Crippen MR) is 139 cm³/mol. The van der Waals surface area contributed by atoms with E-state index in [0.29, 0.717) is 28.0 Å². The molecule has 37 heavy (non-hydrogen) atoms. The molecule has 0 aliphatic rings. The average molecular weight is 510 g/mol. The van der Waals surface area contributed by atoms with Gasteiger partial charge in [-0.2, -0.15) is 0 Å². The first-order valence-electron chi connectivity index (χ1n) is 11.2. The molecule has 2 aromatic rings. The van der Waals surface area contributed by atoms with Crippen LogP contribution in [0.15, 0.2) is 66.8 Å². The van der Waals surface area contributed by atoms with Crippen molar-refractivity contribution < 1.29 is 33.8 Å². The Morgan fingerprint density at radius 3 is 2.05 bits per heavy atom. The van der Waals surface area contributed by atoms with Gasteiger partial charge in [0.05, 0.1) is 12.2 Å². The van der Waals surface area contributed by atoms with Crippen LogP contribution in [0.5, 0.6) is 5.75 Å². The van der Waals surface area contributed by atoms with Gasteiger partial charge in [0.25, 0.3) is 5.97 Å². The lowest BCUT2D eigenvalue weighted by Crippen LogP contribution is -2.37. The fourth-order valence-electron chi connectivity index (χ4n) is 2.88. The van der Waals surface area contributed by atoms with E-state index >= 15 is 0 Å². The molecular formula is C27H31N3O7. The van der Waals surface area contributed by atoms with Crippen molar-refractivity contribution >= 4 is 35.7 Å². The number of nitrogens with one attached hydrogen (secondary N) is 1. The van der Waals surface area contributed by atoms with Crippen LogP contribution < -0.4 is 10.5 Å². The number of amides is 1. The maximum Gasteiger partial charge on any atom is 0.343 e. The molecule has 0 unspecified atom stereocenters. The summed E-state index contributed by atoms with van der Waals surface area (Å²) in [6.45, 7) is 8.34. The maximum atomic E-state index is 12.7. The molecule has 0 saturated carbocycles. The van der Waals surface area contributed by atoms with Crippen LogP contribution in [0.4, 0.5) is 0 Å². The second kappa shape index (κ2) is 15.3. The first kappa shape index (κ1) is 30.3. The van der Waals surface area contributed by atoms with E-state index in [9.17, 15) is 14.4 Å². The van der Waals surface area contributed by atoms with Crippen LogP contribution in [0.1, 0.15) is 42.3 Å². The second-order valence-electron chi connectivity index (χ2n) is 7.58. The van der Waals surface area contributed by atoms with E-state index in [-0.39, 0.29) is 31.4 Å². The molecule has 0 aliphatic carbocycles. The van der Waals surface area contributed by atoms with Crippen molar-refractivity contribution in [3.63, 3.8) is 0 Å². The number of ether oxygens (including phenoxy) is 2. The van der Waals surface area contributed by atoms with Gasteiger partial charge < -0.3 is 25.2 Å². The number of nitrogen functional groups attached to an aromatic ring is 1. The summed E-state index contributed by atoms with van der Waals surface area (Å²) < 4.78 is 10.2. The summed E-state index contributed by atoms with van der Waals surface area (Å²) in [6, 6.07) is 12.9. The van der Waals surface area contributed by atoms with Crippen LogP contribution in [-0.2, 0) is 19.1 Å². The molecule has 10 nitrogen and oxygen atoms in total. The van der Waals surface area contributed by atoms with Crippen LogP contribution in [0.2, 0.25) is 0 Å². The fourth-order valence-corrected chi connectivity index (χ4v) is 2.88. The van der Waals surface area contributed by atoms with Gasteiger partial charge in [0.15, 0.2) is 0 Å². The summed E-state index contributed by atoms with van der Waals surface area (Å²) in [5.74, 6) is -1.92. The number of benzene rings is 2. The van der Waals surface area contributed by atoms with Crippen LogP contribution in [0, 0.1) is 5.41 Å². The molecule has 0 aliphatic heterocycles. The summed E-state index contributed by atoms with van der Waals surface area (Å²) >= 11 is 0. The van der Waals surface area contributed by atoms with Crippen LogP contribution >= 0.6 is 0 Å². The highest BCUT2D eigenvalue weighted by atomic mass is 16.5. The highest BCUT2D eigenvalue weighted by Crippen LogP contribution is 2.16. The Morgan fingerprint density at radius 2 is 1.57 bits per heavy atom. The number of hydrogen-bond donors (Lipinski definition) is 3. The molecule has 0 bridgehead atoms. The number of hydrogen-bond acceptors (Lipinski definition) is 7. The van der Waals surface area contributed by atoms with Crippen molar-refractivity contribution in [2.24, 2.45) is 5.73 Å². The van der Waals surface area contributed by atoms with Crippen molar-refractivity contribution in [3.05, 3.63) is 83.4 Å². The van der Waals surface area contributed by atoms with Gasteiger partial charge in [0, 0.05) is 24.6 Å². The Kier molecular flexibility index (Phi) is 12.5. The van der Waals surface area contributed by atoms with Gasteiger partial charge in [-0.05, 0) is 61.9 Å². The number of carboxylic acids is 1. The topological polar surface area (TPSA) is 160 Å². The Labute approximate surface area is 215 Å². The number of carbonyl (C=O) groups is 4. The van der Waals surface area contributed by atoms with Crippen molar-refractivity contribution in [2.75, 3.05) is 19.7 Å². The first-order valence-corrected chi connectivity index (χ1v) is 11.2. The van der Waals surface area contributed by atoms with Gasteiger partial charge in [0.1, 0.15) is 18.1 Å². The van der Waals surface area contributed by atoms with Gasteiger partial charge in [-0.15, -0.1) is 6.58 Å². The molecule has 0 atom stereocenters. The summed E-state index contributed by atoms with van der Waals surface area (Å²) in [4.78, 5) is 47.2. The number of aliphatic carboxylic acids is 1. The Balaban J connectivity index is 0.00000159. The lowest BCUT2D eigenvalue weighted by atomic mass is 10.1. The fraction of sp³-hybridized carbons (Fsp3) is 0.222. The lowest BCUT2D eigenvalue weighted by Gasteiger charge is -2.20. The monoisotopic (exact) mass is 509 g/mol. The third-order valence-corrected chi connectivity index (χ3v) is 4.50. The number of nitrogens with two attached hydrogens (primary N) is 1. The third kappa shape index (κ3) is 11.0. The zero-order chi connectivity index (χ0) is 28.0. The molecule has 0 saturated heterocycles. The van der Waals surface area contributed by atoms with E-state index in [4.69, 9.17) is 30.5 Å². The lowest BCUT2D eigenvalue weighted by molar-refractivity contribution is -0.147. The standard InChI is InChI=1S/C25H27N3O5.C2H4O2/c1-4-14-28(16-22(29)32-5-2)24(30)17(3)15-18-6-8-20(9-7-18)25(31)33-21-12-10-19(11-13-21)23(26)27;1-2(3)4/h4,6-13,15H,1,5,14,16H2,2-3H3,(H3,26,27);1H3,(H,3,4)/b17-15+;. The van der Waals surface area contributed by atoms with Crippen molar-refractivity contribution in [2.45, 2.75) is 20.8 Å².